The van der Waals surface area contributed by atoms with Crippen LogP contribution in [0.25, 0.3) is 11.3 Å². The van der Waals surface area contributed by atoms with Gasteiger partial charge in [0.15, 0.2) is 5.82 Å². The van der Waals surface area contributed by atoms with Gasteiger partial charge in [0.2, 0.25) is 5.96 Å². The van der Waals surface area contributed by atoms with E-state index in [4.69, 9.17) is 9.26 Å². The van der Waals surface area contributed by atoms with E-state index in [0.29, 0.717) is 18.1 Å². The number of ether oxygens (including phenoxy) is 1. The van der Waals surface area contributed by atoms with Crippen LogP contribution in [-0.4, -0.2) is 47.0 Å². The largest absolute Gasteiger partial charge is 0.382 e. The monoisotopic (exact) mass is 418 g/mol. The zero-order valence-electron chi connectivity index (χ0n) is 16.5. The number of methoxy groups -OCH3 is 1. The minimum atomic E-state index is -0.707. The first-order chi connectivity index (χ1) is 14.4. The van der Waals surface area contributed by atoms with Crippen LogP contribution in [0.5, 0.6) is 0 Å². The molecule has 3 aromatic rings. The molecule has 1 amide bonds. The van der Waals surface area contributed by atoms with E-state index in [2.05, 4.69) is 31.0 Å². The smallest absolute Gasteiger partial charge is 0.263 e. The van der Waals surface area contributed by atoms with Gasteiger partial charge in [0.25, 0.3) is 5.91 Å². The molecule has 9 nitrogen and oxygen atoms in total. The number of hydrogen-bond donors (Lipinski definition) is 3. The standard InChI is InChI=1S/C19H20F2N6O3/c1-10(9-29-3)23-19(25-18(28)15-8-22-30-11(15)2)24-17-7-16(26-27-17)12-4-13(20)6-14(21)5-12/h4-8,10H,9H2,1-3H3,(H3,23,24,25,26,27,28)/t10-/m0/s1. The van der Waals surface area contributed by atoms with E-state index < -0.39 is 17.5 Å². The highest BCUT2D eigenvalue weighted by atomic mass is 19.1. The summed E-state index contributed by atoms with van der Waals surface area (Å²) in [5, 5.41) is 15.8. The number of nitrogens with zero attached hydrogens (tertiary/aromatic N) is 3. The number of amides is 1. The van der Waals surface area contributed by atoms with E-state index in [0.717, 1.165) is 6.07 Å². The van der Waals surface area contributed by atoms with Crippen molar-refractivity contribution >= 4 is 17.7 Å². The number of hydrogen-bond acceptors (Lipinski definition) is 6. The molecule has 3 rings (SSSR count). The van der Waals surface area contributed by atoms with Gasteiger partial charge >= 0.3 is 0 Å². The second-order valence-electron chi connectivity index (χ2n) is 6.48. The van der Waals surface area contributed by atoms with Crippen molar-refractivity contribution in [3.8, 4) is 11.3 Å². The number of guanidine groups is 1. The van der Waals surface area contributed by atoms with Crippen LogP contribution in [0.3, 0.4) is 0 Å². The predicted octanol–water partition coefficient (Wildman–Crippen LogP) is 2.88. The number of aromatic nitrogens is 3. The number of carbonyl (C=O) groups is 1. The number of anilines is 1. The highest BCUT2D eigenvalue weighted by Gasteiger charge is 2.17. The molecule has 11 heteroatoms. The molecule has 1 aromatic carbocycles. The molecule has 158 valence electrons. The second-order valence-corrected chi connectivity index (χ2v) is 6.48. The molecule has 1 atom stereocenters. The van der Waals surface area contributed by atoms with E-state index in [1.807, 2.05) is 0 Å². The average molecular weight is 418 g/mol. The van der Waals surface area contributed by atoms with Crippen molar-refractivity contribution in [1.29, 1.82) is 0 Å². The molecule has 0 unspecified atom stereocenters. The van der Waals surface area contributed by atoms with Crippen LogP contribution in [-0.2, 0) is 4.74 Å². The number of H-pyrrole nitrogens is 1. The van der Waals surface area contributed by atoms with Crippen molar-refractivity contribution in [3.63, 3.8) is 0 Å². The Morgan fingerprint density at radius 3 is 2.67 bits per heavy atom. The highest BCUT2D eigenvalue weighted by Crippen LogP contribution is 2.22. The lowest BCUT2D eigenvalue weighted by Crippen LogP contribution is -2.37. The van der Waals surface area contributed by atoms with Crippen LogP contribution in [0, 0.1) is 18.6 Å². The van der Waals surface area contributed by atoms with Gasteiger partial charge < -0.3 is 14.6 Å². The highest BCUT2D eigenvalue weighted by molar-refractivity contribution is 6.10. The fourth-order valence-electron chi connectivity index (χ4n) is 2.65. The Kier molecular flexibility index (Phi) is 6.52. The summed E-state index contributed by atoms with van der Waals surface area (Å²) in [5.74, 6) is -1.16. The number of aliphatic imine (C=N–C) groups is 1. The summed E-state index contributed by atoms with van der Waals surface area (Å²) in [4.78, 5) is 16.9. The van der Waals surface area contributed by atoms with Crippen LogP contribution in [0.1, 0.15) is 23.0 Å². The van der Waals surface area contributed by atoms with Gasteiger partial charge in [-0.1, -0.05) is 5.16 Å². The van der Waals surface area contributed by atoms with Crippen molar-refractivity contribution in [2.24, 2.45) is 4.99 Å². The fourth-order valence-corrected chi connectivity index (χ4v) is 2.65. The molecule has 0 fully saturated rings. The van der Waals surface area contributed by atoms with Gasteiger partial charge in [-0.2, -0.15) is 5.10 Å². The van der Waals surface area contributed by atoms with Gasteiger partial charge in [0.1, 0.15) is 23.0 Å². The van der Waals surface area contributed by atoms with Crippen LogP contribution < -0.4 is 10.6 Å². The van der Waals surface area contributed by atoms with Crippen molar-refractivity contribution < 1.29 is 22.8 Å². The molecule has 30 heavy (non-hydrogen) atoms. The van der Waals surface area contributed by atoms with Gasteiger partial charge in [-0.25, -0.2) is 13.8 Å². The maximum atomic E-state index is 13.5. The molecule has 2 heterocycles. The summed E-state index contributed by atoms with van der Waals surface area (Å²) >= 11 is 0. The summed E-state index contributed by atoms with van der Waals surface area (Å²) in [5.41, 5.74) is 0.909. The maximum Gasteiger partial charge on any atom is 0.263 e. The molecule has 3 N–H and O–H groups in total. The lowest BCUT2D eigenvalue weighted by Gasteiger charge is -2.12. The summed E-state index contributed by atoms with van der Waals surface area (Å²) in [7, 11) is 1.54. The Bertz CT molecular complexity index is 1040. The van der Waals surface area contributed by atoms with Gasteiger partial charge in [0, 0.05) is 24.8 Å². The van der Waals surface area contributed by atoms with Crippen molar-refractivity contribution in [2.45, 2.75) is 19.9 Å². The summed E-state index contributed by atoms with van der Waals surface area (Å²) in [6.45, 7) is 3.73. The first-order valence-corrected chi connectivity index (χ1v) is 8.94. The summed E-state index contributed by atoms with van der Waals surface area (Å²) in [6.07, 6.45) is 1.30. The predicted molar refractivity (Wildman–Crippen MR) is 105 cm³/mol. The third-order valence-corrected chi connectivity index (χ3v) is 3.98. The number of halogens is 2. The lowest BCUT2D eigenvalue weighted by molar-refractivity contribution is 0.0975. The lowest BCUT2D eigenvalue weighted by atomic mass is 10.1. The summed E-state index contributed by atoms with van der Waals surface area (Å²) in [6, 6.07) is 4.38. The van der Waals surface area contributed by atoms with Crippen LogP contribution in [0.15, 0.2) is 40.0 Å². The van der Waals surface area contributed by atoms with Crippen LogP contribution in [0.2, 0.25) is 0 Å². The molecule has 0 radical (unpaired) electrons. The average Bonchev–Trinajstić information content (AvgIpc) is 3.30. The zero-order chi connectivity index (χ0) is 21.7. The molecular formula is C19H20F2N6O3. The first kappa shape index (κ1) is 21.1. The Morgan fingerprint density at radius 2 is 2.03 bits per heavy atom. The molecule has 0 aliphatic heterocycles. The first-order valence-electron chi connectivity index (χ1n) is 8.94. The summed E-state index contributed by atoms with van der Waals surface area (Å²) < 4.78 is 36.9. The van der Waals surface area contributed by atoms with Gasteiger partial charge in [-0.3, -0.25) is 15.2 Å². The van der Waals surface area contributed by atoms with Gasteiger partial charge in [0.05, 0.1) is 24.5 Å². The van der Waals surface area contributed by atoms with Crippen LogP contribution >= 0.6 is 0 Å². The van der Waals surface area contributed by atoms with Gasteiger partial charge in [-0.05, 0) is 26.0 Å². The fraction of sp³-hybridized carbons (Fsp3) is 0.263. The molecule has 0 saturated carbocycles. The normalized spacial score (nSPS) is 12.6. The molecule has 0 bridgehead atoms. The Hall–Kier alpha value is -3.60. The number of aromatic amines is 1. The molecule has 2 aromatic heterocycles. The molecular weight excluding hydrogens is 398 g/mol. The molecule has 0 aliphatic rings. The van der Waals surface area contributed by atoms with Crippen molar-refractivity contribution in [2.75, 3.05) is 19.0 Å². The minimum absolute atomic E-state index is 0.105. The Morgan fingerprint density at radius 1 is 1.30 bits per heavy atom. The maximum absolute atomic E-state index is 13.5. The Labute approximate surface area is 170 Å². The number of carbonyl (C=O) groups excluding carboxylic acids is 1. The number of rotatable bonds is 6. The number of benzene rings is 1. The SMILES string of the molecule is COC[C@H](C)N=C(NC(=O)c1cnoc1C)Nc1cc(-c2cc(F)cc(F)c2)[nH]n1. The number of nitrogens with one attached hydrogen (secondary N) is 3. The molecule has 0 saturated heterocycles. The van der Waals surface area contributed by atoms with Crippen molar-refractivity contribution in [3.05, 3.63) is 53.4 Å². The van der Waals surface area contributed by atoms with E-state index in [1.54, 1.807) is 13.8 Å². The zero-order valence-corrected chi connectivity index (χ0v) is 16.5. The minimum Gasteiger partial charge on any atom is -0.382 e. The van der Waals surface area contributed by atoms with Crippen LogP contribution in [0.4, 0.5) is 14.6 Å². The van der Waals surface area contributed by atoms with E-state index in [-0.39, 0.29) is 28.9 Å². The third-order valence-electron chi connectivity index (χ3n) is 3.98. The molecule has 0 spiro atoms. The topological polar surface area (TPSA) is 117 Å². The number of aryl methyl sites for hydroxylation is 1. The quantitative estimate of drug-likeness (QED) is 0.419. The Balaban J connectivity index is 1.82. The molecule has 0 aliphatic carbocycles. The third kappa shape index (κ3) is 5.26. The second kappa shape index (κ2) is 9.27. The van der Waals surface area contributed by atoms with Crippen molar-refractivity contribution in [1.82, 2.24) is 20.7 Å². The van der Waals surface area contributed by atoms with Gasteiger partial charge in [-0.15, -0.1) is 0 Å². The van der Waals surface area contributed by atoms with E-state index >= 15 is 0 Å². The van der Waals surface area contributed by atoms with E-state index in [9.17, 15) is 13.6 Å². The van der Waals surface area contributed by atoms with E-state index in [1.165, 1.54) is 31.5 Å².